The van der Waals surface area contributed by atoms with Gasteiger partial charge in [-0.2, -0.15) is 0 Å². The van der Waals surface area contributed by atoms with Crippen LogP contribution >= 0.6 is 11.3 Å². The lowest BCUT2D eigenvalue weighted by molar-refractivity contribution is -0.122. The number of carbonyl (C=O) groups is 1. The van der Waals surface area contributed by atoms with Crippen LogP contribution in [0.4, 0.5) is 0 Å². The van der Waals surface area contributed by atoms with Gasteiger partial charge in [-0.3, -0.25) is 9.20 Å². The van der Waals surface area contributed by atoms with Gasteiger partial charge in [0.25, 0.3) is 0 Å². The minimum absolute atomic E-state index is 0.0141. The molecule has 0 aromatic carbocycles. The van der Waals surface area contributed by atoms with Gasteiger partial charge in [-0.05, 0) is 6.42 Å². The van der Waals surface area contributed by atoms with Gasteiger partial charge >= 0.3 is 0 Å². The predicted molar refractivity (Wildman–Crippen MR) is 69.2 cm³/mol. The Bertz CT molecular complexity index is 474. The van der Waals surface area contributed by atoms with Crippen LogP contribution in [0, 0.1) is 5.92 Å². The molecule has 0 amide bonds. The standard InChI is InChI=1S/C12H17N3OS/c1-2-3-9(7-13)11(16)6-10-8-15-4-5-17-12(15)14-10/h4-5,8-9H,2-3,6-7,13H2,1H3. The fourth-order valence-electron chi connectivity index (χ4n) is 1.94. The molecule has 92 valence electrons. The Hall–Kier alpha value is -1.20. The zero-order valence-corrected chi connectivity index (χ0v) is 10.7. The average Bonchev–Trinajstić information content (AvgIpc) is 2.85. The fraction of sp³-hybridized carbons (Fsp3) is 0.500. The largest absolute Gasteiger partial charge is 0.330 e. The normalized spacial score (nSPS) is 13.1. The molecular formula is C12H17N3OS. The smallest absolute Gasteiger partial charge is 0.193 e. The molecule has 2 aromatic rings. The van der Waals surface area contributed by atoms with Gasteiger partial charge < -0.3 is 5.73 Å². The molecule has 2 heterocycles. The highest BCUT2D eigenvalue weighted by molar-refractivity contribution is 7.15. The van der Waals surface area contributed by atoms with Crippen LogP contribution < -0.4 is 5.73 Å². The molecule has 0 saturated heterocycles. The van der Waals surface area contributed by atoms with Gasteiger partial charge in [-0.1, -0.05) is 13.3 Å². The molecule has 2 aromatic heterocycles. The maximum absolute atomic E-state index is 12.0. The molecular weight excluding hydrogens is 234 g/mol. The van der Waals surface area contributed by atoms with Gasteiger partial charge in [-0.25, -0.2) is 4.98 Å². The third kappa shape index (κ3) is 2.73. The Kier molecular flexibility index (Phi) is 3.91. The number of nitrogens with zero attached hydrogens (tertiary/aromatic N) is 2. The second kappa shape index (κ2) is 5.42. The third-order valence-electron chi connectivity index (χ3n) is 2.88. The van der Waals surface area contributed by atoms with Gasteiger partial charge in [-0.15, -0.1) is 11.3 Å². The van der Waals surface area contributed by atoms with Crippen molar-refractivity contribution < 1.29 is 4.79 Å². The van der Waals surface area contributed by atoms with E-state index in [4.69, 9.17) is 5.73 Å². The molecule has 1 atom stereocenters. The van der Waals surface area contributed by atoms with Crippen molar-refractivity contribution >= 4 is 22.1 Å². The van der Waals surface area contributed by atoms with Crippen molar-refractivity contribution in [3.05, 3.63) is 23.5 Å². The molecule has 2 rings (SSSR count). The zero-order chi connectivity index (χ0) is 12.3. The Morgan fingerprint density at radius 3 is 3.12 bits per heavy atom. The van der Waals surface area contributed by atoms with Crippen LogP contribution in [0.3, 0.4) is 0 Å². The van der Waals surface area contributed by atoms with E-state index in [1.165, 1.54) is 0 Å². The molecule has 0 saturated carbocycles. The number of aromatic nitrogens is 2. The van der Waals surface area contributed by atoms with Crippen molar-refractivity contribution in [2.75, 3.05) is 6.54 Å². The van der Waals surface area contributed by atoms with Crippen LogP contribution in [-0.4, -0.2) is 21.7 Å². The van der Waals surface area contributed by atoms with E-state index in [2.05, 4.69) is 11.9 Å². The SMILES string of the molecule is CCCC(CN)C(=O)Cc1cn2ccsc2n1. The third-order valence-corrected chi connectivity index (χ3v) is 3.65. The molecule has 17 heavy (non-hydrogen) atoms. The van der Waals surface area contributed by atoms with Crippen LogP contribution in [0.1, 0.15) is 25.5 Å². The van der Waals surface area contributed by atoms with Crippen molar-refractivity contribution in [1.82, 2.24) is 9.38 Å². The summed E-state index contributed by atoms with van der Waals surface area (Å²) in [7, 11) is 0. The summed E-state index contributed by atoms with van der Waals surface area (Å²) in [5.41, 5.74) is 6.47. The lowest BCUT2D eigenvalue weighted by atomic mass is 9.96. The molecule has 5 heteroatoms. The minimum atomic E-state index is -0.0141. The highest BCUT2D eigenvalue weighted by atomic mass is 32.1. The number of nitrogens with two attached hydrogens (primary N) is 1. The number of thiazole rings is 1. The molecule has 0 radical (unpaired) electrons. The molecule has 0 spiro atoms. The summed E-state index contributed by atoms with van der Waals surface area (Å²) in [6.07, 6.45) is 6.14. The Labute approximate surface area is 104 Å². The summed E-state index contributed by atoms with van der Waals surface area (Å²) in [5, 5.41) is 1.98. The topological polar surface area (TPSA) is 60.4 Å². The van der Waals surface area contributed by atoms with Crippen LogP contribution in [0.2, 0.25) is 0 Å². The van der Waals surface area contributed by atoms with Crippen LogP contribution in [-0.2, 0) is 11.2 Å². The molecule has 4 nitrogen and oxygen atoms in total. The number of Topliss-reactive ketones (excluding diaryl/α,β-unsaturated/α-hetero) is 1. The van der Waals surface area contributed by atoms with E-state index in [0.717, 1.165) is 23.5 Å². The van der Waals surface area contributed by atoms with Gasteiger partial charge in [0.05, 0.1) is 12.1 Å². The highest BCUT2D eigenvalue weighted by Crippen LogP contribution is 2.14. The quantitative estimate of drug-likeness (QED) is 0.852. The average molecular weight is 251 g/mol. The maximum atomic E-state index is 12.0. The first kappa shape index (κ1) is 12.3. The van der Waals surface area contributed by atoms with Gasteiger partial charge in [0.1, 0.15) is 5.78 Å². The summed E-state index contributed by atoms with van der Waals surface area (Å²) in [6.45, 7) is 2.51. The van der Waals surface area contributed by atoms with E-state index in [1.807, 2.05) is 22.2 Å². The lowest BCUT2D eigenvalue weighted by Gasteiger charge is -2.10. The number of ketones is 1. The van der Waals surface area contributed by atoms with Gasteiger partial charge in [0.15, 0.2) is 4.96 Å². The number of hydrogen-bond donors (Lipinski definition) is 1. The Balaban J connectivity index is 2.05. The zero-order valence-electron chi connectivity index (χ0n) is 9.93. The summed E-state index contributed by atoms with van der Waals surface area (Å²) < 4.78 is 1.95. The summed E-state index contributed by atoms with van der Waals surface area (Å²) >= 11 is 1.58. The molecule has 0 aliphatic rings. The first-order chi connectivity index (χ1) is 8.24. The Morgan fingerprint density at radius 2 is 2.47 bits per heavy atom. The number of imidazole rings is 1. The minimum Gasteiger partial charge on any atom is -0.330 e. The number of hydrogen-bond acceptors (Lipinski definition) is 4. The van der Waals surface area contributed by atoms with Crippen molar-refractivity contribution in [3.8, 4) is 0 Å². The van der Waals surface area contributed by atoms with Gasteiger partial charge in [0.2, 0.25) is 0 Å². The fourth-order valence-corrected chi connectivity index (χ4v) is 2.66. The van der Waals surface area contributed by atoms with Gasteiger partial charge in [0, 0.05) is 30.2 Å². The van der Waals surface area contributed by atoms with Crippen LogP contribution in [0.25, 0.3) is 4.96 Å². The maximum Gasteiger partial charge on any atom is 0.193 e. The van der Waals surface area contributed by atoms with E-state index in [0.29, 0.717) is 13.0 Å². The first-order valence-electron chi connectivity index (χ1n) is 5.88. The summed E-state index contributed by atoms with van der Waals surface area (Å²) in [6, 6.07) is 0. The van der Waals surface area contributed by atoms with Crippen molar-refractivity contribution in [3.63, 3.8) is 0 Å². The number of carbonyl (C=O) groups excluding carboxylic acids is 1. The second-order valence-corrected chi connectivity index (χ2v) is 5.06. The van der Waals surface area contributed by atoms with Crippen LogP contribution in [0.15, 0.2) is 17.8 Å². The van der Waals surface area contributed by atoms with Crippen molar-refractivity contribution in [2.24, 2.45) is 11.7 Å². The van der Waals surface area contributed by atoms with Crippen LogP contribution in [0.5, 0.6) is 0 Å². The lowest BCUT2D eigenvalue weighted by Crippen LogP contribution is -2.25. The molecule has 0 bridgehead atoms. The summed E-state index contributed by atoms with van der Waals surface area (Å²) in [4.78, 5) is 17.4. The molecule has 0 aliphatic heterocycles. The monoisotopic (exact) mass is 251 g/mol. The van der Waals surface area contributed by atoms with E-state index in [1.54, 1.807) is 11.3 Å². The highest BCUT2D eigenvalue weighted by Gasteiger charge is 2.17. The van der Waals surface area contributed by atoms with Crippen molar-refractivity contribution in [1.29, 1.82) is 0 Å². The second-order valence-electron chi connectivity index (χ2n) is 4.19. The Morgan fingerprint density at radius 1 is 1.65 bits per heavy atom. The van der Waals surface area contributed by atoms with E-state index >= 15 is 0 Å². The molecule has 1 unspecified atom stereocenters. The molecule has 0 fully saturated rings. The van der Waals surface area contributed by atoms with E-state index in [-0.39, 0.29) is 11.7 Å². The van der Waals surface area contributed by atoms with E-state index < -0.39 is 0 Å². The van der Waals surface area contributed by atoms with Crippen molar-refractivity contribution in [2.45, 2.75) is 26.2 Å². The number of rotatable bonds is 6. The molecule has 2 N–H and O–H groups in total. The molecule has 0 aliphatic carbocycles. The number of fused-ring (bicyclic) bond motifs is 1. The predicted octanol–water partition coefficient (Wildman–Crippen LogP) is 1.88. The van der Waals surface area contributed by atoms with E-state index in [9.17, 15) is 4.79 Å². The first-order valence-corrected chi connectivity index (χ1v) is 6.76. The summed E-state index contributed by atoms with van der Waals surface area (Å²) in [5.74, 6) is 0.194.